The van der Waals surface area contributed by atoms with Crippen LogP contribution in [0.25, 0.3) is 0 Å². The second kappa shape index (κ2) is 7.26. The van der Waals surface area contributed by atoms with Gasteiger partial charge in [0.25, 0.3) is 5.91 Å². The molecular formula is C18H18N6O5. The van der Waals surface area contributed by atoms with Crippen LogP contribution in [0.15, 0.2) is 30.6 Å². The lowest BCUT2D eigenvalue weighted by molar-refractivity contribution is -0.137. The van der Waals surface area contributed by atoms with Crippen molar-refractivity contribution in [1.82, 2.24) is 14.9 Å². The van der Waals surface area contributed by atoms with Crippen molar-refractivity contribution in [2.75, 3.05) is 48.3 Å². The number of nitrogens with zero attached hydrogens (tertiary/aromatic N) is 5. The number of benzene rings is 1. The van der Waals surface area contributed by atoms with E-state index < -0.39 is 5.97 Å². The molecule has 0 radical (unpaired) electrons. The average Bonchev–Trinajstić information content (AvgIpc) is 2.95. The zero-order valence-corrected chi connectivity index (χ0v) is 15.3. The summed E-state index contributed by atoms with van der Waals surface area (Å²) in [5.41, 5.74) is 7.18. The van der Waals surface area contributed by atoms with Crippen LogP contribution >= 0.6 is 0 Å². The van der Waals surface area contributed by atoms with E-state index in [2.05, 4.69) is 9.97 Å². The molecule has 150 valence electrons. The number of carbonyl (C=O) groups excluding carboxylic acids is 2. The quantitative estimate of drug-likeness (QED) is 0.755. The number of nitrogens with two attached hydrogens (primary N) is 1. The number of nitrogen functional groups attached to an aromatic ring is 1. The molecule has 3 heterocycles. The van der Waals surface area contributed by atoms with Crippen LogP contribution < -0.4 is 20.3 Å². The number of aliphatic carboxylic acids is 1. The summed E-state index contributed by atoms with van der Waals surface area (Å²) < 4.78 is 5.51. The molecule has 2 aliphatic heterocycles. The lowest BCUT2D eigenvalue weighted by atomic mass is 10.2. The molecule has 1 fully saturated rings. The van der Waals surface area contributed by atoms with E-state index in [1.807, 2.05) is 0 Å². The van der Waals surface area contributed by atoms with Crippen LogP contribution in [0.1, 0.15) is 10.4 Å². The zero-order chi connectivity index (χ0) is 20.5. The van der Waals surface area contributed by atoms with E-state index in [4.69, 9.17) is 15.6 Å². The van der Waals surface area contributed by atoms with Gasteiger partial charge in [-0.05, 0) is 24.3 Å². The number of rotatable bonds is 4. The van der Waals surface area contributed by atoms with E-state index in [0.717, 1.165) is 0 Å². The number of urea groups is 1. The molecule has 2 aromatic rings. The van der Waals surface area contributed by atoms with E-state index in [9.17, 15) is 14.4 Å². The number of fused-ring (bicyclic) bond motifs is 1. The van der Waals surface area contributed by atoms with Crippen molar-refractivity contribution in [1.29, 1.82) is 0 Å². The Balaban J connectivity index is 1.55. The van der Waals surface area contributed by atoms with E-state index in [1.54, 1.807) is 24.3 Å². The van der Waals surface area contributed by atoms with Gasteiger partial charge in [-0.3, -0.25) is 14.5 Å². The third kappa shape index (κ3) is 3.37. The van der Waals surface area contributed by atoms with Gasteiger partial charge in [0.15, 0.2) is 0 Å². The summed E-state index contributed by atoms with van der Waals surface area (Å²) in [5, 5.41) is 8.89. The van der Waals surface area contributed by atoms with E-state index in [-0.39, 0.29) is 42.4 Å². The van der Waals surface area contributed by atoms with Gasteiger partial charge < -0.3 is 25.4 Å². The number of carboxylic acids is 1. The molecule has 11 nitrogen and oxygen atoms in total. The lowest BCUT2D eigenvalue weighted by Crippen LogP contribution is -2.35. The Labute approximate surface area is 165 Å². The Morgan fingerprint density at radius 3 is 2.45 bits per heavy atom. The van der Waals surface area contributed by atoms with Crippen LogP contribution in [0.5, 0.6) is 5.88 Å². The molecule has 0 bridgehead atoms. The molecule has 3 N–H and O–H groups in total. The first kappa shape index (κ1) is 18.5. The minimum Gasteiger partial charge on any atom is -0.480 e. The molecule has 2 aliphatic rings. The SMILES string of the molecule is Nc1ncnc2c1C(=O)N(c1ccc(N3CCN(CC(=O)O)C3=O)cc1)CCO2. The van der Waals surface area contributed by atoms with Crippen LogP contribution in [0.3, 0.4) is 0 Å². The highest BCUT2D eigenvalue weighted by Gasteiger charge is 2.32. The Hall–Kier alpha value is -3.89. The van der Waals surface area contributed by atoms with Gasteiger partial charge >= 0.3 is 12.0 Å². The molecule has 0 spiro atoms. The normalized spacial score (nSPS) is 16.5. The summed E-state index contributed by atoms with van der Waals surface area (Å²) in [6.45, 7) is 0.932. The smallest absolute Gasteiger partial charge is 0.325 e. The van der Waals surface area contributed by atoms with Gasteiger partial charge in [-0.2, -0.15) is 0 Å². The van der Waals surface area contributed by atoms with Crippen LogP contribution in [0.2, 0.25) is 0 Å². The highest BCUT2D eigenvalue weighted by Crippen LogP contribution is 2.29. The second-order valence-electron chi connectivity index (χ2n) is 6.51. The fraction of sp³-hybridized carbons (Fsp3) is 0.278. The number of aromatic nitrogens is 2. The van der Waals surface area contributed by atoms with Gasteiger partial charge in [-0.15, -0.1) is 0 Å². The molecule has 0 aliphatic carbocycles. The van der Waals surface area contributed by atoms with Gasteiger partial charge in [-0.1, -0.05) is 0 Å². The van der Waals surface area contributed by atoms with Gasteiger partial charge in [0.1, 0.15) is 30.9 Å². The number of ether oxygens (including phenoxy) is 1. The topological polar surface area (TPSA) is 142 Å². The molecule has 1 aromatic carbocycles. The second-order valence-corrected chi connectivity index (χ2v) is 6.51. The predicted octanol–water partition coefficient (Wildman–Crippen LogP) is 0.425. The molecule has 0 saturated carbocycles. The van der Waals surface area contributed by atoms with Crippen LogP contribution in [0.4, 0.5) is 22.0 Å². The first-order valence-corrected chi connectivity index (χ1v) is 8.89. The number of anilines is 3. The van der Waals surface area contributed by atoms with E-state index >= 15 is 0 Å². The molecule has 3 amide bonds. The summed E-state index contributed by atoms with van der Waals surface area (Å²) in [6.07, 6.45) is 1.24. The Morgan fingerprint density at radius 1 is 1.07 bits per heavy atom. The largest absolute Gasteiger partial charge is 0.480 e. The minimum absolute atomic E-state index is 0.0460. The maximum atomic E-state index is 13.0. The standard InChI is InChI=1S/C18H18N6O5/c19-15-14-16(21-10-20-15)29-8-7-23(17(14)27)11-1-3-12(4-2-11)24-6-5-22(18(24)28)9-13(25)26/h1-4,10H,5-9H2,(H,25,26)(H2,19,20,21). The molecule has 11 heteroatoms. The third-order valence-electron chi connectivity index (χ3n) is 4.75. The Kier molecular flexibility index (Phi) is 4.63. The van der Waals surface area contributed by atoms with E-state index in [1.165, 1.54) is 21.0 Å². The average molecular weight is 398 g/mol. The number of hydrogen-bond acceptors (Lipinski definition) is 7. The number of carboxylic acid groups (broad SMARTS) is 1. The predicted molar refractivity (Wildman–Crippen MR) is 102 cm³/mol. The van der Waals surface area contributed by atoms with Crippen molar-refractivity contribution < 1.29 is 24.2 Å². The molecule has 0 atom stereocenters. The van der Waals surface area contributed by atoms with Crippen molar-refractivity contribution in [3.8, 4) is 5.88 Å². The highest BCUT2D eigenvalue weighted by atomic mass is 16.5. The molecule has 0 unspecified atom stereocenters. The highest BCUT2D eigenvalue weighted by molar-refractivity contribution is 6.10. The first-order valence-electron chi connectivity index (χ1n) is 8.89. The van der Waals surface area contributed by atoms with Crippen molar-refractivity contribution >= 4 is 35.1 Å². The minimum atomic E-state index is -1.05. The van der Waals surface area contributed by atoms with Crippen molar-refractivity contribution in [2.45, 2.75) is 0 Å². The Morgan fingerprint density at radius 2 is 1.76 bits per heavy atom. The van der Waals surface area contributed by atoms with Crippen molar-refractivity contribution in [3.05, 3.63) is 36.2 Å². The summed E-state index contributed by atoms with van der Waals surface area (Å²) in [6, 6.07) is 6.49. The van der Waals surface area contributed by atoms with Gasteiger partial charge in [-0.25, -0.2) is 14.8 Å². The van der Waals surface area contributed by atoms with E-state index in [0.29, 0.717) is 31.0 Å². The van der Waals surface area contributed by atoms with Crippen molar-refractivity contribution in [3.63, 3.8) is 0 Å². The number of hydrogen-bond donors (Lipinski definition) is 2. The number of carbonyl (C=O) groups is 3. The van der Waals surface area contributed by atoms with Gasteiger partial charge in [0.05, 0.1) is 6.54 Å². The Bertz CT molecular complexity index is 979. The fourth-order valence-corrected chi connectivity index (χ4v) is 3.35. The van der Waals surface area contributed by atoms with Gasteiger partial charge in [0, 0.05) is 24.5 Å². The maximum Gasteiger partial charge on any atom is 0.325 e. The monoisotopic (exact) mass is 398 g/mol. The summed E-state index contributed by atoms with van der Waals surface area (Å²) >= 11 is 0. The molecule has 1 aromatic heterocycles. The maximum absolute atomic E-state index is 13.0. The summed E-state index contributed by atoms with van der Waals surface area (Å²) in [5.74, 6) is -1.22. The van der Waals surface area contributed by atoms with Gasteiger partial charge in [0.2, 0.25) is 5.88 Å². The molecule has 29 heavy (non-hydrogen) atoms. The zero-order valence-electron chi connectivity index (χ0n) is 15.3. The fourth-order valence-electron chi connectivity index (χ4n) is 3.35. The first-order chi connectivity index (χ1) is 14.0. The van der Waals surface area contributed by atoms with Crippen LogP contribution in [0, 0.1) is 0 Å². The molecule has 4 rings (SSSR count). The van der Waals surface area contributed by atoms with Crippen LogP contribution in [-0.2, 0) is 4.79 Å². The van der Waals surface area contributed by atoms with Crippen LogP contribution in [-0.4, -0.2) is 70.7 Å². The summed E-state index contributed by atoms with van der Waals surface area (Å²) in [7, 11) is 0. The number of amides is 3. The summed E-state index contributed by atoms with van der Waals surface area (Å²) in [4.78, 5) is 48.3. The third-order valence-corrected chi connectivity index (χ3v) is 4.75. The molecule has 1 saturated heterocycles. The van der Waals surface area contributed by atoms with Crippen molar-refractivity contribution in [2.24, 2.45) is 0 Å². The molecular weight excluding hydrogens is 380 g/mol. The lowest BCUT2D eigenvalue weighted by Gasteiger charge is -2.22.